The van der Waals surface area contributed by atoms with Crippen molar-refractivity contribution in [2.24, 2.45) is 22.6 Å². The maximum absolute atomic E-state index is 8.87. The van der Waals surface area contributed by atoms with E-state index in [2.05, 4.69) is 22.9 Å². The van der Waals surface area contributed by atoms with Gasteiger partial charge in [0.15, 0.2) is 5.96 Å². The number of guanidine groups is 1. The van der Waals surface area contributed by atoms with Gasteiger partial charge in [0.25, 0.3) is 0 Å². The number of hydrogen-bond donors (Lipinski definition) is 1. The summed E-state index contributed by atoms with van der Waals surface area (Å²) in [5.41, 5.74) is 6.05. The Morgan fingerprint density at radius 3 is 2.79 bits per heavy atom. The van der Waals surface area contributed by atoms with Gasteiger partial charge in [-0.15, -0.1) is 0 Å². The van der Waals surface area contributed by atoms with Crippen LogP contribution in [0.25, 0.3) is 0 Å². The van der Waals surface area contributed by atoms with E-state index in [-0.39, 0.29) is 12.0 Å². The van der Waals surface area contributed by atoms with Crippen molar-refractivity contribution in [1.29, 1.82) is 5.26 Å². The summed E-state index contributed by atoms with van der Waals surface area (Å²) in [7, 11) is 0. The monoisotopic (exact) mass is 264 g/mol. The van der Waals surface area contributed by atoms with Crippen LogP contribution in [0.4, 0.5) is 0 Å². The SMILES string of the molecule is CC1CN(C(N)=NCC2CCC(C#N)CC2)CCO1. The Bertz CT molecular complexity index is 355. The molecule has 5 heteroatoms. The zero-order valence-corrected chi connectivity index (χ0v) is 11.7. The van der Waals surface area contributed by atoms with Gasteiger partial charge in [-0.2, -0.15) is 5.26 Å². The number of nitrogens with two attached hydrogens (primary N) is 1. The molecule has 1 saturated heterocycles. The first-order chi connectivity index (χ1) is 9.19. The van der Waals surface area contributed by atoms with Crippen LogP contribution < -0.4 is 5.73 Å². The van der Waals surface area contributed by atoms with Crippen molar-refractivity contribution in [1.82, 2.24) is 4.90 Å². The zero-order chi connectivity index (χ0) is 13.7. The summed E-state index contributed by atoms with van der Waals surface area (Å²) in [5.74, 6) is 1.51. The summed E-state index contributed by atoms with van der Waals surface area (Å²) in [6, 6.07) is 2.36. The third-order valence-electron chi connectivity index (χ3n) is 4.11. The molecule has 0 amide bonds. The lowest BCUT2D eigenvalue weighted by molar-refractivity contribution is 0.00526. The number of nitriles is 1. The molecule has 1 unspecified atom stereocenters. The number of morpholine rings is 1. The van der Waals surface area contributed by atoms with Crippen molar-refractivity contribution in [3.05, 3.63) is 0 Å². The maximum Gasteiger partial charge on any atom is 0.191 e. The topological polar surface area (TPSA) is 74.6 Å². The van der Waals surface area contributed by atoms with Gasteiger partial charge in [0.1, 0.15) is 0 Å². The van der Waals surface area contributed by atoms with Gasteiger partial charge in [-0.25, -0.2) is 0 Å². The Morgan fingerprint density at radius 1 is 1.42 bits per heavy atom. The van der Waals surface area contributed by atoms with Crippen molar-refractivity contribution in [2.75, 3.05) is 26.2 Å². The van der Waals surface area contributed by atoms with Gasteiger partial charge in [0, 0.05) is 25.6 Å². The molecule has 2 fully saturated rings. The van der Waals surface area contributed by atoms with Crippen molar-refractivity contribution in [2.45, 2.75) is 38.7 Å². The summed E-state index contributed by atoms with van der Waals surface area (Å²) in [6.07, 6.45) is 4.48. The van der Waals surface area contributed by atoms with Crippen LogP contribution in [0.1, 0.15) is 32.6 Å². The Labute approximate surface area is 115 Å². The van der Waals surface area contributed by atoms with Gasteiger partial charge in [-0.1, -0.05) is 0 Å². The summed E-state index contributed by atoms with van der Waals surface area (Å²) in [5, 5.41) is 8.87. The molecule has 2 aliphatic rings. The average Bonchev–Trinajstić information content (AvgIpc) is 2.45. The third kappa shape index (κ3) is 4.10. The van der Waals surface area contributed by atoms with E-state index < -0.39 is 0 Å². The highest BCUT2D eigenvalue weighted by molar-refractivity contribution is 5.78. The first-order valence-electron chi connectivity index (χ1n) is 7.25. The predicted molar refractivity (Wildman–Crippen MR) is 74.5 cm³/mol. The van der Waals surface area contributed by atoms with Crippen LogP contribution >= 0.6 is 0 Å². The molecular weight excluding hydrogens is 240 g/mol. The highest BCUT2D eigenvalue weighted by Crippen LogP contribution is 2.28. The quantitative estimate of drug-likeness (QED) is 0.603. The molecule has 0 aromatic heterocycles. The molecule has 19 heavy (non-hydrogen) atoms. The molecule has 0 radical (unpaired) electrons. The predicted octanol–water partition coefficient (Wildman–Crippen LogP) is 1.35. The Morgan fingerprint density at radius 2 is 2.16 bits per heavy atom. The largest absolute Gasteiger partial charge is 0.375 e. The number of ether oxygens (including phenoxy) is 1. The normalized spacial score (nSPS) is 32.9. The first-order valence-corrected chi connectivity index (χ1v) is 7.25. The molecule has 1 heterocycles. The Kier molecular flexibility index (Phi) is 5.03. The minimum absolute atomic E-state index is 0.230. The van der Waals surface area contributed by atoms with Gasteiger partial charge < -0.3 is 15.4 Å². The van der Waals surface area contributed by atoms with Crippen molar-refractivity contribution < 1.29 is 4.74 Å². The standard InChI is InChI=1S/C14H24N4O/c1-11-10-18(6-7-19-11)14(16)17-9-13-4-2-12(8-15)3-5-13/h11-13H,2-7,9-10H2,1H3,(H2,16,17). The number of nitrogens with zero attached hydrogens (tertiary/aromatic N) is 3. The first kappa shape index (κ1) is 14.1. The molecule has 0 bridgehead atoms. The fraction of sp³-hybridized carbons (Fsp3) is 0.857. The van der Waals surface area contributed by atoms with E-state index in [0.29, 0.717) is 11.9 Å². The van der Waals surface area contributed by atoms with Gasteiger partial charge >= 0.3 is 0 Å². The van der Waals surface area contributed by atoms with E-state index in [0.717, 1.165) is 51.9 Å². The maximum atomic E-state index is 8.87. The number of aliphatic imine (C=N–C) groups is 1. The van der Waals surface area contributed by atoms with E-state index in [1.54, 1.807) is 0 Å². The van der Waals surface area contributed by atoms with Crippen LogP contribution in [0.3, 0.4) is 0 Å². The molecule has 1 atom stereocenters. The minimum Gasteiger partial charge on any atom is -0.375 e. The van der Waals surface area contributed by atoms with Crippen LogP contribution in [0.2, 0.25) is 0 Å². The highest BCUT2D eigenvalue weighted by atomic mass is 16.5. The second kappa shape index (κ2) is 6.76. The smallest absolute Gasteiger partial charge is 0.191 e. The summed E-state index contributed by atoms with van der Waals surface area (Å²) < 4.78 is 5.49. The lowest BCUT2D eigenvalue weighted by Gasteiger charge is -2.32. The van der Waals surface area contributed by atoms with Gasteiger partial charge in [-0.05, 0) is 38.5 Å². The Balaban J connectivity index is 1.77. The summed E-state index contributed by atoms with van der Waals surface area (Å²) in [4.78, 5) is 6.64. The molecule has 5 nitrogen and oxygen atoms in total. The molecule has 0 spiro atoms. The van der Waals surface area contributed by atoms with E-state index in [1.807, 2.05) is 0 Å². The van der Waals surface area contributed by atoms with E-state index in [9.17, 15) is 0 Å². The van der Waals surface area contributed by atoms with Crippen LogP contribution in [-0.2, 0) is 4.74 Å². The zero-order valence-electron chi connectivity index (χ0n) is 11.7. The molecule has 1 aliphatic heterocycles. The second-order valence-electron chi connectivity index (χ2n) is 5.67. The van der Waals surface area contributed by atoms with Gasteiger partial charge in [-0.3, -0.25) is 4.99 Å². The van der Waals surface area contributed by atoms with E-state index in [1.165, 1.54) is 0 Å². The molecule has 1 saturated carbocycles. The van der Waals surface area contributed by atoms with Crippen molar-refractivity contribution in [3.63, 3.8) is 0 Å². The molecule has 2 N–H and O–H groups in total. The molecular formula is C14H24N4O. The molecule has 2 rings (SSSR count). The fourth-order valence-corrected chi connectivity index (χ4v) is 2.82. The van der Waals surface area contributed by atoms with E-state index in [4.69, 9.17) is 15.7 Å². The Hall–Kier alpha value is -1.28. The van der Waals surface area contributed by atoms with Crippen molar-refractivity contribution >= 4 is 5.96 Å². The number of rotatable bonds is 2. The highest BCUT2D eigenvalue weighted by Gasteiger charge is 2.22. The molecule has 106 valence electrons. The minimum atomic E-state index is 0.230. The molecule has 0 aromatic carbocycles. The number of hydrogen-bond acceptors (Lipinski definition) is 3. The molecule has 0 aromatic rings. The second-order valence-corrected chi connectivity index (χ2v) is 5.67. The van der Waals surface area contributed by atoms with Crippen molar-refractivity contribution in [3.8, 4) is 6.07 Å². The third-order valence-corrected chi connectivity index (χ3v) is 4.11. The van der Waals surface area contributed by atoms with Crippen LogP contribution in [0.5, 0.6) is 0 Å². The summed E-state index contributed by atoms with van der Waals surface area (Å²) >= 11 is 0. The van der Waals surface area contributed by atoms with Gasteiger partial charge in [0.05, 0.1) is 18.8 Å². The van der Waals surface area contributed by atoms with Crippen LogP contribution in [0.15, 0.2) is 4.99 Å². The van der Waals surface area contributed by atoms with Crippen LogP contribution in [-0.4, -0.2) is 43.2 Å². The van der Waals surface area contributed by atoms with Crippen LogP contribution in [0, 0.1) is 23.2 Å². The fourth-order valence-electron chi connectivity index (χ4n) is 2.82. The average molecular weight is 264 g/mol. The molecule has 1 aliphatic carbocycles. The summed E-state index contributed by atoms with van der Waals surface area (Å²) in [6.45, 7) is 5.25. The van der Waals surface area contributed by atoms with Gasteiger partial charge in [0.2, 0.25) is 0 Å². The lowest BCUT2D eigenvalue weighted by Crippen LogP contribution is -2.48. The lowest BCUT2D eigenvalue weighted by atomic mass is 9.83. The van der Waals surface area contributed by atoms with E-state index >= 15 is 0 Å².